The Hall–Kier alpha value is -3.04. The molecule has 1 aromatic heterocycles. The van der Waals surface area contributed by atoms with Gasteiger partial charge in [-0.25, -0.2) is 4.98 Å². The number of rotatable bonds is 8. The summed E-state index contributed by atoms with van der Waals surface area (Å²) in [5.41, 5.74) is 4.45. The van der Waals surface area contributed by atoms with E-state index in [0.29, 0.717) is 6.61 Å². The highest BCUT2D eigenvalue weighted by Gasteiger charge is 2.08. The number of aryl methyl sites for hydroxylation is 2. The van der Waals surface area contributed by atoms with Crippen molar-refractivity contribution in [1.82, 2.24) is 9.55 Å². The first kappa shape index (κ1) is 20.2. The molecule has 0 bridgehead atoms. The average Bonchev–Trinajstić information content (AvgIpc) is 3.12. The number of imidazole rings is 1. The molecule has 0 saturated heterocycles. The van der Waals surface area contributed by atoms with Gasteiger partial charge in [0.15, 0.2) is 0 Å². The molecule has 0 radical (unpaired) electrons. The molecular formula is C26H25ClN2O. The summed E-state index contributed by atoms with van der Waals surface area (Å²) in [5, 5.41) is 0.743. The molecule has 0 aliphatic carbocycles. The molecule has 0 atom stereocenters. The van der Waals surface area contributed by atoms with Crippen molar-refractivity contribution in [1.29, 1.82) is 0 Å². The lowest BCUT2D eigenvalue weighted by atomic mass is 10.2. The van der Waals surface area contributed by atoms with E-state index in [0.717, 1.165) is 52.6 Å². The maximum Gasteiger partial charge on any atom is 0.133 e. The van der Waals surface area contributed by atoms with Crippen LogP contribution in [0.2, 0.25) is 5.02 Å². The van der Waals surface area contributed by atoms with Crippen LogP contribution in [0, 0.1) is 6.92 Å². The van der Waals surface area contributed by atoms with Crippen LogP contribution < -0.4 is 4.74 Å². The van der Waals surface area contributed by atoms with Gasteiger partial charge in [0.25, 0.3) is 0 Å². The molecule has 0 aliphatic heterocycles. The Morgan fingerprint density at radius 2 is 1.67 bits per heavy atom. The Labute approximate surface area is 182 Å². The molecule has 0 aliphatic rings. The van der Waals surface area contributed by atoms with Gasteiger partial charge in [-0.2, -0.15) is 0 Å². The highest BCUT2D eigenvalue weighted by molar-refractivity contribution is 6.30. The van der Waals surface area contributed by atoms with E-state index < -0.39 is 0 Å². The summed E-state index contributed by atoms with van der Waals surface area (Å²) >= 11 is 5.99. The number of halogens is 1. The van der Waals surface area contributed by atoms with Gasteiger partial charge in [-0.1, -0.05) is 60.1 Å². The third-order valence-corrected chi connectivity index (χ3v) is 5.36. The Morgan fingerprint density at radius 3 is 2.50 bits per heavy atom. The molecule has 4 aromatic rings. The Bertz CT molecular complexity index is 1150. The summed E-state index contributed by atoms with van der Waals surface area (Å²) < 4.78 is 8.23. The largest absolute Gasteiger partial charge is 0.493 e. The molecule has 3 aromatic carbocycles. The smallest absolute Gasteiger partial charge is 0.133 e. The van der Waals surface area contributed by atoms with Crippen molar-refractivity contribution < 1.29 is 4.74 Å². The molecule has 0 saturated carbocycles. The summed E-state index contributed by atoms with van der Waals surface area (Å²) in [5.74, 6) is 1.93. The third kappa shape index (κ3) is 4.92. The predicted molar refractivity (Wildman–Crippen MR) is 126 cm³/mol. The second-order valence-electron chi connectivity index (χ2n) is 7.32. The predicted octanol–water partition coefficient (Wildman–Crippen LogP) is 7.03. The molecule has 4 heteroatoms. The molecule has 0 spiro atoms. The first-order valence-electron chi connectivity index (χ1n) is 10.3. The van der Waals surface area contributed by atoms with E-state index in [9.17, 15) is 0 Å². The van der Waals surface area contributed by atoms with Crippen molar-refractivity contribution in [2.24, 2.45) is 0 Å². The van der Waals surface area contributed by atoms with Gasteiger partial charge in [-0.05, 0) is 67.3 Å². The quantitative estimate of drug-likeness (QED) is 0.288. The summed E-state index contributed by atoms with van der Waals surface area (Å²) in [6, 6.07) is 24.3. The van der Waals surface area contributed by atoms with Gasteiger partial charge in [0.2, 0.25) is 0 Å². The zero-order valence-electron chi connectivity index (χ0n) is 17.1. The van der Waals surface area contributed by atoms with Crippen LogP contribution in [0.25, 0.3) is 23.2 Å². The van der Waals surface area contributed by atoms with Crippen molar-refractivity contribution in [3.8, 4) is 5.75 Å². The van der Waals surface area contributed by atoms with E-state index >= 15 is 0 Å². The van der Waals surface area contributed by atoms with E-state index in [-0.39, 0.29) is 0 Å². The van der Waals surface area contributed by atoms with Crippen LogP contribution >= 0.6 is 11.6 Å². The van der Waals surface area contributed by atoms with Gasteiger partial charge >= 0.3 is 0 Å². The molecule has 0 fully saturated rings. The van der Waals surface area contributed by atoms with Crippen molar-refractivity contribution >= 4 is 34.8 Å². The van der Waals surface area contributed by atoms with E-state index in [1.165, 1.54) is 5.56 Å². The van der Waals surface area contributed by atoms with Gasteiger partial charge in [-0.15, -0.1) is 0 Å². The van der Waals surface area contributed by atoms with Crippen LogP contribution in [0.15, 0.2) is 72.8 Å². The average molecular weight is 417 g/mol. The molecule has 3 nitrogen and oxygen atoms in total. The number of aromatic nitrogens is 2. The topological polar surface area (TPSA) is 27.1 Å². The molecule has 0 unspecified atom stereocenters. The van der Waals surface area contributed by atoms with Gasteiger partial charge in [0, 0.05) is 11.6 Å². The lowest BCUT2D eigenvalue weighted by Gasteiger charge is -2.10. The van der Waals surface area contributed by atoms with Crippen LogP contribution in [-0.4, -0.2) is 16.2 Å². The Balaban J connectivity index is 1.44. The first-order valence-corrected chi connectivity index (χ1v) is 10.7. The van der Waals surface area contributed by atoms with Crippen molar-refractivity contribution in [2.45, 2.75) is 26.3 Å². The van der Waals surface area contributed by atoms with E-state index in [1.807, 2.05) is 48.5 Å². The van der Waals surface area contributed by atoms with E-state index in [1.54, 1.807) is 0 Å². The number of unbranched alkanes of at least 4 members (excludes halogenated alkanes) is 1. The number of para-hydroxylation sites is 3. The van der Waals surface area contributed by atoms with Gasteiger partial charge in [0.1, 0.15) is 11.6 Å². The lowest BCUT2D eigenvalue weighted by molar-refractivity contribution is 0.301. The molecule has 0 N–H and O–H groups in total. The maximum atomic E-state index is 5.99. The molecule has 1 heterocycles. The summed E-state index contributed by atoms with van der Waals surface area (Å²) in [6.07, 6.45) is 6.16. The Morgan fingerprint density at radius 1 is 0.900 bits per heavy atom. The van der Waals surface area contributed by atoms with Crippen LogP contribution in [-0.2, 0) is 6.54 Å². The second-order valence-corrected chi connectivity index (χ2v) is 7.75. The van der Waals surface area contributed by atoms with E-state index in [4.69, 9.17) is 21.3 Å². The van der Waals surface area contributed by atoms with Crippen molar-refractivity contribution in [3.05, 3.63) is 94.8 Å². The van der Waals surface area contributed by atoms with Crippen LogP contribution in [0.5, 0.6) is 5.75 Å². The van der Waals surface area contributed by atoms with Crippen LogP contribution in [0.1, 0.15) is 29.8 Å². The standard InChI is InChI=1S/C26H25ClN2O/c1-20-8-2-5-11-25(20)30-19-7-6-18-29-24-10-4-3-9-23(24)28-26(29)17-14-21-12-15-22(27)16-13-21/h2-5,8-17H,6-7,18-19H2,1H3/b17-14+. The first-order chi connectivity index (χ1) is 14.7. The summed E-state index contributed by atoms with van der Waals surface area (Å²) in [4.78, 5) is 4.82. The van der Waals surface area contributed by atoms with Gasteiger partial charge in [-0.3, -0.25) is 0 Å². The monoisotopic (exact) mass is 416 g/mol. The fraction of sp³-hybridized carbons (Fsp3) is 0.192. The fourth-order valence-corrected chi connectivity index (χ4v) is 3.60. The summed E-state index contributed by atoms with van der Waals surface area (Å²) in [6.45, 7) is 3.69. The Kier molecular flexibility index (Phi) is 6.50. The number of benzene rings is 3. The molecule has 4 rings (SSSR count). The highest BCUT2D eigenvalue weighted by Crippen LogP contribution is 2.20. The number of hydrogen-bond donors (Lipinski definition) is 0. The maximum absolute atomic E-state index is 5.99. The second kappa shape index (κ2) is 9.64. The molecular weight excluding hydrogens is 392 g/mol. The zero-order chi connectivity index (χ0) is 20.8. The number of hydrogen-bond acceptors (Lipinski definition) is 2. The lowest BCUT2D eigenvalue weighted by Crippen LogP contribution is -2.04. The minimum atomic E-state index is 0.716. The fourth-order valence-electron chi connectivity index (χ4n) is 3.47. The number of fused-ring (bicyclic) bond motifs is 1. The van der Waals surface area contributed by atoms with E-state index in [2.05, 4.69) is 47.9 Å². The van der Waals surface area contributed by atoms with Gasteiger partial charge < -0.3 is 9.30 Å². The SMILES string of the molecule is Cc1ccccc1OCCCCn1c(/C=C/c2ccc(Cl)cc2)nc2ccccc21. The van der Waals surface area contributed by atoms with Gasteiger partial charge in [0.05, 0.1) is 17.6 Å². The zero-order valence-corrected chi connectivity index (χ0v) is 17.8. The summed E-state index contributed by atoms with van der Waals surface area (Å²) in [7, 11) is 0. The van der Waals surface area contributed by atoms with Crippen molar-refractivity contribution in [3.63, 3.8) is 0 Å². The minimum Gasteiger partial charge on any atom is -0.493 e. The highest BCUT2D eigenvalue weighted by atomic mass is 35.5. The number of ether oxygens (including phenoxy) is 1. The van der Waals surface area contributed by atoms with Crippen LogP contribution in [0.3, 0.4) is 0 Å². The van der Waals surface area contributed by atoms with Crippen LogP contribution in [0.4, 0.5) is 0 Å². The number of nitrogens with zero attached hydrogens (tertiary/aromatic N) is 2. The molecule has 0 amide bonds. The normalized spacial score (nSPS) is 11.4. The molecule has 30 heavy (non-hydrogen) atoms. The van der Waals surface area contributed by atoms with Crippen molar-refractivity contribution in [2.75, 3.05) is 6.61 Å². The molecule has 152 valence electrons. The third-order valence-electron chi connectivity index (χ3n) is 5.11. The minimum absolute atomic E-state index is 0.716.